The van der Waals surface area contributed by atoms with E-state index in [1.54, 1.807) is 6.07 Å². The van der Waals surface area contributed by atoms with E-state index in [1.807, 2.05) is 35.2 Å². The number of nitrogens with one attached hydrogen (secondary N) is 1. The Bertz CT molecular complexity index is 885. The summed E-state index contributed by atoms with van der Waals surface area (Å²) >= 11 is 0. The maximum atomic E-state index is 12.2. The van der Waals surface area contributed by atoms with Gasteiger partial charge in [-0.3, -0.25) is 4.79 Å². The molecule has 1 fully saturated rings. The highest BCUT2D eigenvalue weighted by atomic mass is 16.1. The van der Waals surface area contributed by atoms with Crippen LogP contribution in [0.5, 0.6) is 0 Å². The first-order valence-electron chi connectivity index (χ1n) is 10.3. The van der Waals surface area contributed by atoms with Crippen molar-refractivity contribution >= 4 is 11.7 Å². The monoisotopic (exact) mass is 389 g/mol. The molecule has 3 heterocycles. The van der Waals surface area contributed by atoms with Crippen molar-refractivity contribution in [3.63, 3.8) is 0 Å². The molecule has 0 atom stereocenters. The van der Waals surface area contributed by atoms with Crippen LogP contribution in [0.15, 0.2) is 67.0 Å². The van der Waals surface area contributed by atoms with Crippen LogP contribution in [0.2, 0.25) is 0 Å². The molecule has 0 unspecified atom stereocenters. The Labute approximate surface area is 171 Å². The minimum absolute atomic E-state index is 0.183. The molecule has 1 N–H and O–H groups in total. The van der Waals surface area contributed by atoms with Crippen molar-refractivity contribution in [2.75, 3.05) is 24.5 Å². The summed E-state index contributed by atoms with van der Waals surface area (Å²) in [7, 11) is 0. The van der Waals surface area contributed by atoms with E-state index in [0.29, 0.717) is 18.2 Å². The van der Waals surface area contributed by atoms with Crippen LogP contribution in [-0.2, 0) is 13.0 Å². The largest absolute Gasteiger partial charge is 0.355 e. The van der Waals surface area contributed by atoms with E-state index in [9.17, 15) is 4.79 Å². The van der Waals surface area contributed by atoms with Gasteiger partial charge in [-0.2, -0.15) is 0 Å². The van der Waals surface area contributed by atoms with Gasteiger partial charge in [0.15, 0.2) is 11.5 Å². The van der Waals surface area contributed by atoms with Crippen LogP contribution < -0.4 is 10.2 Å². The van der Waals surface area contributed by atoms with Crippen LogP contribution in [0, 0.1) is 5.92 Å². The van der Waals surface area contributed by atoms with Gasteiger partial charge in [-0.05, 0) is 55.0 Å². The molecule has 0 saturated carbocycles. The topological polar surface area (TPSA) is 63.1 Å². The second-order valence-electron chi connectivity index (χ2n) is 7.57. The molecule has 1 amide bonds. The lowest BCUT2D eigenvalue weighted by molar-refractivity contribution is 0.0946. The van der Waals surface area contributed by atoms with Crippen LogP contribution in [0.25, 0.3) is 0 Å². The van der Waals surface area contributed by atoms with Gasteiger partial charge in [0, 0.05) is 38.6 Å². The molecular formula is C23H27N5O. The summed E-state index contributed by atoms with van der Waals surface area (Å²) in [6.07, 6.45) is 7.40. The maximum absolute atomic E-state index is 12.2. The molecule has 1 aliphatic heterocycles. The highest BCUT2D eigenvalue weighted by Gasteiger charge is 2.21. The third kappa shape index (κ3) is 5.22. The Morgan fingerprint density at radius 3 is 2.41 bits per heavy atom. The van der Waals surface area contributed by atoms with E-state index in [0.717, 1.165) is 44.7 Å². The molecule has 6 heteroatoms. The second-order valence-corrected chi connectivity index (χ2v) is 7.57. The van der Waals surface area contributed by atoms with E-state index in [1.165, 1.54) is 5.56 Å². The Hall–Kier alpha value is -3.15. The number of nitrogens with zero attached hydrogens (tertiary/aromatic N) is 4. The first-order chi connectivity index (χ1) is 14.3. The molecule has 2 aromatic heterocycles. The van der Waals surface area contributed by atoms with Crippen molar-refractivity contribution in [2.45, 2.75) is 25.8 Å². The van der Waals surface area contributed by atoms with Crippen LogP contribution >= 0.6 is 0 Å². The highest BCUT2D eigenvalue weighted by molar-refractivity contribution is 5.92. The fraction of sp³-hybridized carbons (Fsp3) is 0.348. The number of carbonyl (C=O) groups is 1. The van der Waals surface area contributed by atoms with Crippen molar-refractivity contribution in [2.24, 2.45) is 5.92 Å². The number of hydrogen-bond donors (Lipinski definition) is 1. The number of benzene rings is 1. The number of rotatable bonds is 7. The van der Waals surface area contributed by atoms with E-state index < -0.39 is 0 Å². The summed E-state index contributed by atoms with van der Waals surface area (Å²) in [5.41, 5.74) is 1.78. The number of amides is 1. The van der Waals surface area contributed by atoms with Crippen LogP contribution in [-0.4, -0.2) is 40.3 Å². The Balaban J connectivity index is 1.24. The smallest absolute Gasteiger partial charge is 0.271 e. The van der Waals surface area contributed by atoms with E-state index in [4.69, 9.17) is 0 Å². The Kier molecular flexibility index (Phi) is 6.19. The summed E-state index contributed by atoms with van der Waals surface area (Å²) in [5, 5.41) is 11.3. The molecule has 1 saturated heterocycles. The second kappa shape index (κ2) is 9.37. The minimum Gasteiger partial charge on any atom is -0.355 e. The molecule has 29 heavy (non-hydrogen) atoms. The van der Waals surface area contributed by atoms with Gasteiger partial charge < -0.3 is 14.8 Å². The summed E-state index contributed by atoms with van der Waals surface area (Å²) in [5.74, 6) is 1.39. The van der Waals surface area contributed by atoms with E-state index in [2.05, 4.69) is 50.7 Å². The molecule has 0 radical (unpaired) electrons. The lowest BCUT2D eigenvalue weighted by Gasteiger charge is -2.32. The quantitative estimate of drug-likeness (QED) is 0.674. The fourth-order valence-electron chi connectivity index (χ4n) is 3.84. The normalized spacial score (nSPS) is 14.7. The maximum Gasteiger partial charge on any atom is 0.271 e. The average molecular weight is 390 g/mol. The summed E-state index contributed by atoms with van der Waals surface area (Å²) < 4.78 is 2.02. The number of carbonyl (C=O) groups excluding carboxylic acids is 1. The zero-order valence-corrected chi connectivity index (χ0v) is 16.6. The van der Waals surface area contributed by atoms with Gasteiger partial charge in [0.05, 0.1) is 0 Å². The predicted molar refractivity (Wildman–Crippen MR) is 114 cm³/mol. The van der Waals surface area contributed by atoms with E-state index in [-0.39, 0.29) is 5.91 Å². The zero-order chi connectivity index (χ0) is 19.9. The van der Waals surface area contributed by atoms with Crippen molar-refractivity contribution in [3.8, 4) is 0 Å². The summed E-state index contributed by atoms with van der Waals surface area (Å²) in [4.78, 5) is 14.5. The van der Waals surface area contributed by atoms with Crippen LogP contribution in [0.4, 0.5) is 5.82 Å². The molecule has 6 nitrogen and oxygen atoms in total. The molecule has 3 aromatic rings. The van der Waals surface area contributed by atoms with Gasteiger partial charge in [0.2, 0.25) is 0 Å². The average Bonchev–Trinajstić information content (AvgIpc) is 3.29. The number of hydrogen-bond acceptors (Lipinski definition) is 4. The van der Waals surface area contributed by atoms with Crippen LogP contribution in [0.1, 0.15) is 28.9 Å². The minimum atomic E-state index is -0.183. The predicted octanol–water partition coefficient (Wildman–Crippen LogP) is 3.17. The van der Waals surface area contributed by atoms with Crippen molar-refractivity contribution in [1.29, 1.82) is 0 Å². The molecule has 1 aliphatic rings. The third-order valence-electron chi connectivity index (χ3n) is 5.51. The standard InChI is InChI=1S/C23H27N5O/c29-23(24-12-17-27-13-4-5-14-27)21-8-9-22(26-25-21)28-15-10-20(11-16-28)18-19-6-2-1-3-7-19/h1-9,13-14,20H,10-12,15-18H2,(H,24,29). The number of anilines is 1. The van der Waals surface area contributed by atoms with Gasteiger partial charge in [-0.15, -0.1) is 10.2 Å². The van der Waals surface area contributed by atoms with Gasteiger partial charge in [-0.1, -0.05) is 30.3 Å². The molecular weight excluding hydrogens is 362 g/mol. The lowest BCUT2D eigenvalue weighted by Crippen LogP contribution is -2.35. The lowest BCUT2D eigenvalue weighted by atomic mass is 9.90. The van der Waals surface area contributed by atoms with Crippen LogP contribution in [0.3, 0.4) is 0 Å². The zero-order valence-electron chi connectivity index (χ0n) is 16.6. The summed E-state index contributed by atoms with van der Waals surface area (Å²) in [6, 6.07) is 18.3. The first-order valence-corrected chi connectivity index (χ1v) is 10.3. The third-order valence-corrected chi connectivity index (χ3v) is 5.51. The number of piperidine rings is 1. The van der Waals surface area contributed by atoms with Gasteiger partial charge in [-0.25, -0.2) is 0 Å². The fourth-order valence-corrected chi connectivity index (χ4v) is 3.84. The van der Waals surface area contributed by atoms with E-state index >= 15 is 0 Å². The molecule has 4 rings (SSSR count). The Morgan fingerprint density at radius 2 is 1.72 bits per heavy atom. The van der Waals surface area contributed by atoms with Crippen molar-refractivity contribution < 1.29 is 4.79 Å². The summed E-state index contributed by atoms with van der Waals surface area (Å²) in [6.45, 7) is 3.26. The molecule has 1 aromatic carbocycles. The van der Waals surface area contributed by atoms with Gasteiger partial charge >= 0.3 is 0 Å². The highest BCUT2D eigenvalue weighted by Crippen LogP contribution is 2.24. The molecule has 150 valence electrons. The van der Waals surface area contributed by atoms with Crippen molar-refractivity contribution in [1.82, 2.24) is 20.1 Å². The van der Waals surface area contributed by atoms with Gasteiger partial charge in [0.1, 0.15) is 0 Å². The van der Waals surface area contributed by atoms with Crippen molar-refractivity contribution in [3.05, 3.63) is 78.2 Å². The first kappa shape index (κ1) is 19.2. The Morgan fingerprint density at radius 1 is 0.966 bits per heavy atom. The molecule has 0 spiro atoms. The van der Waals surface area contributed by atoms with Gasteiger partial charge in [0.25, 0.3) is 5.91 Å². The molecule has 0 bridgehead atoms. The SMILES string of the molecule is O=C(NCCn1cccc1)c1ccc(N2CCC(Cc3ccccc3)CC2)nn1. The number of aromatic nitrogens is 3. The molecule has 0 aliphatic carbocycles.